The third kappa shape index (κ3) is 2.51. The van der Waals surface area contributed by atoms with Crippen molar-refractivity contribution in [2.45, 2.75) is 6.04 Å². The Kier molecular flexibility index (Phi) is 3.54. The molecule has 0 bridgehead atoms. The van der Waals surface area contributed by atoms with Gasteiger partial charge in [0.2, 0.25) is 5.69 Å². The second-order valence-electron chi connectivity index (χ2n) is 6.16. The molecular formula is C20H13N3O3S. The molecule has 4 aromatic rings. The molecule has 1 aliphatic rings. The molecule has 1 atom stereocenters. The molecule has 1 aromatic heterocycles. The van der Waals surface area contributed by atoms with Gasteiger partial charge < -0.3 is 19.7 Å². The van der Waals surface area contributed by atoms with Crippen molar-refractivity contribution in [1.82, 2.24) is 10.6 Å². The van der Waals surface area contributed by atoms with Gasteiger partial charge in [-0.25, -0.2) is 0 Å². The van der Waals surface area contributed by atoms with Crippen molar-refractivity contribution in [3.8, 4) is 17.4 Å². The zero-order valence-electron chi connectivity index (χ0n) is 14.0. The summed E-state index contributed by atoms with van der Waals surface area (Å²) >= 11 is 5.26. The first-order valence-corrected chi connectivity index (χ1v) is 8.77. The van der Waals surface area contributed by atoms with Crippen LogP contribution in [0.5, 0.6) is 11.7 Å². The first kappa shape index (κ1) is 15.8. The molecule has 132 valence electrons. The maximum atomic E-state index is 12.6. The molecule has 1 aliphatic heterocycles. The van der Waals surface area contributed by atoms with E-state index in [1.165, 1.54) is 4.68 Å². The van der Waals surface area contributed by atoms with E-state index in [0.717, 1.165) is 22.0 Å². The summed E-state index contributed by atoms with van der Waals surface area (Å²) in [5.41, 5.74) is 1.88. The van der Waals surface area contributed by atoms with Crippen molar-refractivity contribution < 1.29 is 19.0 Å². The lowest BCUT2D eigenvalue weighted by atomic mass is 9.94. The van der Waals surface area contributed by atoms with E-state index < -0.39 is 12.0 Å². The number of rotatable bonds is 2. The molecule has 1 unspecified atom stereocenters. The van der Waals surface area contributed by atoms with Crippen molar-refractivity contribution in [3.63, 3.8) is 0 Å². The number of nitrogens with one attached hydrogen (secondary N) is 1. The van der Waals surface area contributed by atoms with E-state index >= 15 is 0 Å². The van der Waals surface area contributed by atoms with Gasteiger partial charge in [-0.3, -0.25) is 0 Å². The molecule has 6 nitrogen and oxygen atoms in total. The summed E-state index contributed by atoms with van der Waals surface area (Å²) in [4.78, 5) is 0. The Morgan fingerprint density at radius 1 is 1.00 bits per heavy atom. The highest BCUT2D eigenvalue weighted by Gasteiger charge is 2.37. The van der Waals surface area contributed by atoms with E-state index in [1.54, 1.807) is 0 Å². The molecule has 2 heterocycles. The lowest BCUT2D eigenvalue weighted by Gasteiger charge is -2.27. The highest BCUT2D eigenvalue weighted by atomic mass is 32.1. The van der Waals surface area contributed by atoms with Gasteiger partial charge in [0.25, 0.3) is 10.9 Å². The minimum Gasteiger partial charge on any atom is -0.539 e. The lowest BCUT2D eigenvalue weighted by molar-refractivity contribution is -0.678. The third-order valence-electron chi connectivity index (χ3n) is 4.60. The number of benzene rings is 3. The molecule has 3 aromatic carbocycles. The van der Waals surface area contributed by atoms with Crippen molar-refractivity contribution in [1.29, 1.82) is 0 Å². The predicted molar refractivity (Wildman–Crippen MR) is 99.6 cm³/mol. The minimum absolute atomic E-state index is 0.197. The van der Waals surface area contributed by atoms with Crippen molar-refractivity contribution in [2.24, 2.45) is 0 Å². The SMILES string of the molecule is [O-]c1on[n+](-c2ccccc2)c1C1NC(=S)Oc2ccc3ccccc3c21. The van der Waals surface area contributed by atoms with Crippen molar-refractivity contribution >= 4 is 28.2 Å². The monoisotopic (exact) mass is 375 g/mol. The number of para-hydroxylation sites is 1. The van der Waals surface area contributed by atoms with Gasteiger partial charge in [-0.05, 0) is 33.7 Å². The molecule has 0 radical (unpaired) electrons. The topological polar surface area (TPSA) is 74.2 Å². The van der Waals surface area contributed by atoms with Crippen LogP contribution in [0, 0.1) is 0 Å². The van der Waals surface area contributed by atoms with Crippen LogP contribution in [0.1, 0.15) is 17.3 Å². The van der Waals surface area contributed by atoms with Crippen LogP contribution in [0.25, 0.3) is 16.5 Å². The van der Waals surface area contributed by atoms with E-state index in [2.05, 4.69) is 10.6 Å². The Hall–Kier alpha value is -3.45. The van der Waals surface area contributed by atoms with Crippen LogP contribution in [0.4, 0.5) is 0 Å². The zero-order chi connectivity index (χ0) is 18.4. The van der Waals surface area contributed by atoms with Crippen molar-refractivity contribution in [3.05, 3.63) is 78.0 Å². The van der Waals surface area contributed by atoms with Gasteiger partial charge in [-0.2, -0.15) is 0 Å². The Balaban J connectivity index is 1.78. The van der Waals surface area contributed by atoms with Gasteiger partial charge in [0.1, 0.15) is 11.8 Å². The van der Waals surface area contributed by atoms with E-state index in [-0.39, 0.29) is 5.17 Å². The fraction of sp³-hybridized carbons (Fsp3) is 0.0500. The van der Waals surface area contributed by atoms with Gasteiger partial charge in [0.05, 0.1) is 5.27 Å². The minimum atomic E-state index is -0.550. The number of hydrogen-bond acceptors (Lipinski definition) is 5. The second kappa shape index (κ2) is 6.07. The van der Waals surface area contributed by atoms with Crippen LogP contribution in [-0.4, -0.2) is 10.4 Å². The largest absolute Gasteiger partial charge is 0.539 e. The smallest absolute Gasteiger partial charge is 0.267 e. The Morgan fingerprint density at radius 3 is 2.63 bits per heavy atom. The van der Waals surface area contributed by atoms with E-state index in [4.69, 9.17) is 21.5 Å². The van der Waals surface area contributed by atoms with Crippen LogP contribution >= 0.6 is 12.2 Å². The molecule has 0 saturated heterocycles. The Bertz CT molecular complexity index is 1170. The molecule has 0 amide bonds. The summed E-state index contributed by atoms with van der Waals surface area (Å²) in [6.07, 6.45) is 0. The van der Waals surface area contributed by atoms with Gasteiger partial charge in [-0.15, -0.1) is 0 Å². The normalized spacial score (nSPS) is 15.9. The second-order valence-corrected chi connectivity index (χ2v) is 6.53. The average molecular weight is 375 g/mol. The highest BCUT2D eigenvalue weighted by Crippen LogP contribution is 2.39. The maximum Gasteiger partial charge on any atom is 0.267 e. The molecule has 0 fully saturated rings. The molecule has 5 rings (SSSR count). The summed E-state index contributed by atoms with van der Waals surface area (Å²) in [6.45, 7) is 0. The Labute approximate surface area is 159 Å². The molecule has 7 heteroatoms. The van der Waals surface area contributed by atoms with Crippen LogP contribution in [0.2, 0.25) is 0 Å². The predicted octanol–water partition coefficient (Wildman–Crippen LogP) is 2.53. The van der Waals surface area contributed by atoms with Crippen LogP contribution in [0.3, 0.4) is 0 Å². The quantitative estimate of drug-likeness (QED) is 0.429. The van der Waals surface area contributed by atoms with Gasteiger partial charge >= 0.3 is 0 Å². The van der Waals surface area contributed by atoms with E-state index in [1.807, 2.05) is 66.7 Å². The standard InChI is InChI=1S/C20H13N3O3S/c24-19-18(23(22-26-19)13-7-2-1-3-8-13)17-16-14-9-5-4-6-12(14)10-11-15(16)25-20(27)21-17/h1-11,17H,(H-,21,22,24,27). The third-order valence-corrected chi connectivity index (χ3v) is 4.80. The number of nitrogens with zero attached hydrogens (tertiary/aromatic N) is 2. The molecular weight excluding hydrogens is 362 g/mol. The van der Waals surface area contributed by atoms with Crippen LogP contribution in [-0.2, 0) is 0 Å². The fourth-order valence-electron chi connectivity index (χ4n) is 3.44. The summed E-state index contributed by atoms with van der Waals surface area (Å²) in [6, 6.07) is 20.5. The van der Waals surface area contributed by atoms with E-state index in [0.29, 0.717) is 11.4 Å². The van der Waals surface area contributed by atoms with E-state index in [9.17, 15) is 5.11 Å². The number of hydrogen-bond donors (Lipinski definition) is 1. The number of fused-ring (bicyclic) bond motifs is 3. The number of aromatic nitrogens is 2. The summed E-state index contributed by atoms with van der Waals surface area (Å²) < 4.78 is 12.2. The van der Waals surface area contributed by atoms with Crippen LogP contribution < -0.4 is 19.8 Å². The molecule has 0 spiro atoms. The van der Waals surface area contributed by atoms with Crippen LogP contribution in [0.15, 0.2) is 71.3 Å². The molecule has 0 saturated carbocycles. The summed E-state index contributed by atoms with van der Waals surface area (Å²) in [7, 11) is 0. The lowest BCUT2D eigenvalue weighted by Crippen LogP contribution is -2.45. The molecule has 27 heavy (non-hydrogen) atoms. The summed E-state index contributed by atoms with van der Waals surface area (Å²) in [5, 5.41) is 21.8. The van der Waals surface area contributed by atoms with Gasteiger partial charge in [0, 0.05) is 17.7 Å². The molecule has 0 aliphatic carbocycles. The van der Waals surface area contributed by atoms with Crippen molar-refractivity contribution in [2.75, 3.05) is 0 Å². The first-order valence-electron chi connectivity index (χ1n) is 8.37. The Morgan fingerprint density at radius 2 is 1.78 bits per heavy atom. The number of thiocarbonyl (C=S) groups is 1. The summed E-state index contributed by atoms with van der Waals surface area (Å²) in [5.74, 6) is 0.0857. The number of ether oxygens (including phenoxy) is 1. The highest BCUT2D eigenvalue weighted by molar-refractivity contribution is 7.80. The van der Waals surface area contributed by atoms with Gasteiger partial charge in [0.15, 0.2) is 5.95 Å². The zero-order valence-corrected chi connectivity index (χ0v) is 14.8. The average Bonchev–Trinajstić information content (AvgIpc) is 3.09. The fourth-order valence-corrected chi connectivity index (χ4v) is 3.65. The maximum absolute atomic E-state index is 12.6. The van der Waals surface area contributed by atoms with Gasteiger partial charge in [-0.1, -0.05) is 48.5 Å². The first-order chi connectivity index (χ1) is 13.2. The molecule has 1 N–H and O–H groups in total.